The van der Waals surface area contributed by atoms with Gasteiger partial charge in [0.25, 0.3) is 0 Å². The maximum atomic E-state index is 11.7. The number of hydrogen-bond donors (Lipinski definition) is 0. The van der Waals surface area contributed by atoms with Crippen LogP contribution in [0.3, 0.4) is 0 Å². The lowest BCUT2D eigenvalue weighted by Crippen LogP contribution is -2.42. The van der Waals surface area contributed by atoms with Crippen molar-refractivity contribution in [2.45, 2.75) is 58.9 Å². The molecule has 0 saturated carbocycles. The van der Waals surface area contributed by atoms with E-state index in [9.17, 15) is 4.79 Å². The first-order chi connectivity index (χ1) is 6.65. The minimum absolute atomic E-state index is 0.368. The van der Waals surface area contributed by atoms with E-state index in [2.05, 4.69) is 20.8 Å². The lowest BCUT2D eigenvalue weighted by Gasteiger charge is -2.34. The number of rotatable bonds is 4. The van der Waals surface area contributed by atoms with Gasteiger partial charge in [-0.15, -0.1) is 0 Å². The van der Waals surface area contributed by atoms with E-state index in [1.165, 1.54) is 25.7 Å². The average Bonchev–Trinajstić information content (AvgIpc) is 2.14. The molecular formula is C12H23NO. The molecule has 1 atom stereocenters. The molecule has 0 spiro atoms. The van der Waals surface area contributed by atoms with E-state index in [4.69, 9.17) is 0 Å². The Morgan fingerprint density at radius 2 is 2.21 bits per heavy atom. The van der Waals surface area contributed by atoms with Crippen LogP contribution in [-0.4, -0.2) is 23.4 Å². The number of unbranched alkanes of at least 4 members (excludes halogenated alkanes) is 1. The van der Waals surface area contributed by atoms with Crippen molar-refractivity contribution in [2.75, 3.05) is 6.54 Å². The molecule has 0 aromatic carbocycles. The monoisotopic (exact) mass is 197 g/mol. The highest BCUT2D eigenvalue weighted by atomic mass is 16.2. The second-order valence-electron chi connectivity index (χ2n) is 4.68. The van der Waals surface area contributed by atoms with Crippen LogP contribution in [-0.2, 0) is 4.79 Å². The van der Waals surface area contributed by atoms with Crippen molar-refractivity contribution in [3.8, 4) is 0 Å². The van der Waals surface area contributed by atoms with Gasteiger partial charge in [0.1, 0.15) is 0 Å². The van der Waals surface area contributed by atoms with Crippen LogP contribution in [0, 0.1) is 5.92 Å². The first-order valence-electron chi connectivity index (χ1n) is 5.94. The summed E-state index contributed by atoms with van der Waals surface area (Å²) in [7, 11) is 0. The molecule has 0 aromatic heterocycles. The highest BCUT2D eigenvalue weighted by molar-refractivity contribution is 5.77. The summed E-state index contributed by atoms with van der Waals surface area (Å²) < 4.78 is 0. The summed E-state index contributed by atoms with van der Waals surface area (Å²) in [5.41, 5.74) is 0. The molecular weight excluding hydrogens is 174 g/mol. The third-order valence-electron chi connectivity index (χ3n) is 3.15. The second kappa shape index (κ2) is 5.38. The molecule has 1 unspecified atom stereocenters. The van der Waals surface area contributed by atoms with Gasteiger partial charge in [0.15, 0.2) is 0 Å². The first kappa shape index (κ1) is 11.5. The van der Waals surface area contributed by atoms with Crippen LogP contribution in [0.4, 0.5) is 0 Å². The number of piperidine rings is 1. The van der Waals surface area contributed by atoms with Crippen LogP contribution in [0.2, 0.25) is 0 Å². The molecule has 1 fully saturated rings. The van der Waals surface area contributed by atoms with E-state index in [0.717, 1.165) is 13.0 Å². The smallest absolute Gasteiger partial charge is 0.223 e. The van der Waals surface area contributed by atoms with E-state index in [1.807, 2.05) is 4.90 Å². The zero-order valence-electron chi connectivity index (χ0n) is 9.75. The van der Waals surface area contributed by atoms with Gasteiger partial charge in [-0.3, -0.25) is 4.79 Å². The number of amides is 1. The largest absolute Gasteiger partial charge is 0.340 e. The lowest BCUT2D eigenvalue weighted by molar-refractivity contribution is -0.136. The zero-order chi connectivity index (χ0) is 10.6. The fraction of sp³-hybridized carbons (Fsp3) is 0.917. The third-order valence-corrected chi connectivity index (χ3v) is 3.15. The summed E-state index contributed by atoms with van der Waals surface area (Å²) in [6, 6.07) is 0.384. The van der Waals surface area contributed by atoms with E-state index in [-0.39, 0.29) is 0 Å². The van der Waals surface area contributed by atoms with Crippen molar-refractivity contribution in [1.29, 1.82) is 0 Å². The zero-order valence-corrected chi connectivity index (χ0v) is 9.75. The summed E-state index contributed by atoms with van der Waals surface area (Å²) in [5.74, 6) is 1.03. The number of carbonyl (C=O) groups is 1. The van der Waals surface area contributed by atoms with Crippen molar-refractivity contribution in [2.24, 2.45) is 5.92 Å². The van der Waals surface area contributed by atoms with Crippen LogP contribution in [0.5, 0.6) is 0 Å². The molecule has 1 saturated heterocycles. The molecule has 1 rings (SSSR count). The molecule has 0 aliphatic carbocycles. The maximum Gasteiger partial charge on any atom is 0.223 e. The predicted molar refractivity (Wildman–Crippen MR) is 59.1 cm³/mol. The summed E-state index contributed by atoms with van der Waals surface area (Å²) >= 11 is 0. The molecule has 1 aliphatic rings. The van der Waals surface area contributed by atoms with Crippen molar-refractivity contribution in [1.82, 2.24) is 4.90 Å². The summed E-state index contributed by atoms with van der Waals surface area (Å²) in [6.07, 6.45) is 5.77. The summed E-state index contributed by atoms with van der Waals surface area (Å²) in [4.78, 5) is 13.8. The normalized spacial score (nSPS) is 23.3. The Bertz CT molecular complexity index is 189. The Kier molecular flexibility index (Phi) is 4.43. The quantitative estimate of drug-likeness (QED) is 0.678. The molecule has 0 aromatic rings. The minimum atomic E-state index is 0.368. The Balaban J connectivity index is 2.35. The molecule has 0 radical (unpaired) electrons. The fourth-order valence-corrected chi connectivity index (χ4v) is 2.20. The van der Waals surface area contributed by atoms with E-state index in [0.29, 0.717) is 17.9 Å². The fourth-order valence-electron chi connectivity index (χ4n) is 2.20. The Morgan fingerprint density at radius 3 is 2.71 bits per heavy atom. The predicted octanol–water partition coefficient (Wildman–Crippen LogP) is 2.82. The van der Waals surface area contributed by atoms with Gasteiger partial charge in [-0.1, -0.05) is 19.8 Å². The number of likely N-dealkylation sites (tertiary alicyclic amines) is 1. The van der Waals surface area contributed by atoms with Crippen LogP contribution >= 0.6 is 0 Å². The van der Waals surface area contributed by atoms with Crippen LogP contribution in [0.15, 0.2) is 0 Å². The molecule has 1 heterocycles. The van der Waals surface area contributed by atoms with Crippen molar-refractivity contribution >= 4 is 5.91 Å². The average molecular weight is 197 g/mol. The number of carbonyl (C=O) groups excluding carboxylic acids is 1. The van der Waals surface area contributed by atoms with E-state index in [1.54, 1.807) is 0 Å². The van der Waals surface area contributed by atoms with Crippen LogP contribution < -0.4 is 0 Å². The van der Waals surface area contributed by atoms with Crippen LogP contribution in [0.25, 0.3) is 0 Å². The van der Waals surface area contributed by atoms with Gasteiger partial charge in [0, 0.05) is 19.0 Å². The third kappa shape index (κ3) is 3.00. The summed E-state index contributed by atoms with van der Waals surface area (Å²) in [6.45, 7) is 7.39. The molecule has 0 bridgehead atoms. The molecule has 14 heavy (non-hydrogen) atoms. The molecule has 82 valence electrons. The maximum absolute atomic E-state index is 11.7. The van der Waals surface area contributed by atoms with Gasteiger partial charge in [-0.05, 0) is 32.6 Å². The molecule has 1 amide bonds. The van der Waals surface area contributed by atoms with Crippen molar-refractivity contribution in [3.63, 3.8) is 0 Å². The SMILES string of the molecule is CCCCC1CCN(C(C)C)C(=O)C1. The Hall–Kier alpha value is -0.530. The lowest BCUT2D eigenvalue weighted by atomic mass is 9.90. The standard InChI is InChI=1S/C12H23NO/c1-4-5-6-11-7-8-13(10(2)3)12(14)9-11/h10-11H,4-9H2,1-3H3. The summed E-state index contributed by atoms with van der Waals surface area (Å²) in [5, 5.41) is 0. The van der Waals surface area contributed by atoms with Crippen LogP contribution in [0.1, 0.15) is 52.9 Å². The minimum Gasteiger partial charge on any atom is -0.340 e. The Labute approximate surface area is 87.7 Å². The van der Waals surface area contributed by atoms with Crippen molar-refractivity contribution in [3.05, 3.63) is 0 Å². The van der Waals surface area contributed by atoms with Gasteiger partial charge < -0.3 is 4.90 Å². The second-order valence-corrected chi connectivity index (χ2v) is 4.68. The van der Waals surface area contributed by atoms with Gasteiger partial charge in [-0.25, -0.2) is 0 Å². The number of nitrogens with zero attached hydrogens (tertiary/aromatic N) is 1. The first-order valence-corrected chi connectivity index (χ1v) is 5.94. The Morgan fingerprint density at radius 1 is 1.50 bits per heavy atom. The molecule has 2 heteroatoms. The van der Waals surface area contributed by atoms with Gasteiger partial charge >= 0.3 is 0 Å². The highest BCUT2D eigenvalue weighted by Crippen LogP contribution is 2.24. The molecule has 1 aliphatic heterocycles. The van der Waals surface area contributed by atoms with Gasteiger partial charge in [0.05, 0.1) is 0 Å². The molecule has 2 nitrogen and oxygen atoms in total. The van der Waals surface area contributed by atoms with Gasteiger partial charge in [-0.2, -0.15) is 0 Å². The van der Waals surface area contributed by atoms with E-state index < -0.39 is 0 Å². The van der Waals surface area contributed by atoms with Crippen molar-refractivity contribution < 1.29 is 4.79 Å². The van der Waals surface area contributed by atoms with Gasteiger partial charge in [0.2, 0.25) is 5.91 Å². The van der Waals surface area contributed by atoms with E-state index >= 15 is 0 Å². The molecule has 0 N–H and O–H groups in total. The number of hydrogen-bond acceptors (Lipinski definition) is 1. The highest BCUT2D eigenvalue weighted by Gasteiger charge is 2.26. The topological polar surface area (TPSA) is 20.3 Å².